The number of hydrogen-bond donors (Lipinski definition) is 0. The lowest BCUT2D eigenvalue weighted by molar-refractivity contribution is -0.162. The van der Waals surface area contributed by atoms with E-state index in [2.05, 4.69) is 0 Å². The fraction of sp³-hybridized carbons (Fsp3) is 0.278. The van der Waals surface area contributed by atoms with E-state index >= 15 is 0 Å². The molecule has 2 aromatic rings. The second-order valence-electron chi connectivity index (χ2n) is 5.71. The van der Waals surface area contributed by atoms with Crippen LogP contribution in [0.1, 0.15) is 36.5 Å². The smallest absolute Gasteiger partial charge is 0.309 e. The molecule has 0 saturated carbocycles. The largest absolute Gasteiger partial charge is 0.457 e. The molecule has 2 aromatic carbocycles. The number of carbonyl (C=O) groups excluding carboxylic acids is 1. The first-order valence-electron chi connectivity index (χ1n) is 7.26. The highest BCUT2D eigenvalue weighted by Gasteiger charge is 2.37. The average molecular weight is 335 g/mol. The minimum atomic E-state index is -0.306. The van der Waals surface area contributed by atoms with E-state index in [4.69, 9.17) is 27.9 Å². The second-order valence-corrected chi connectivity index (χ2v) is 6.58. The van der Waals surface area contributed by atoms with Crippen molar-refractivity contribution in [2.24, 2.45) is 5.92 Å². The molecule has 1 aliphatic rings. The van der Waals surface area contributed by atoms with E-state index in [9.17, 15) is 4.79 Å². The van der Waals surface area contributed by atoms with Gasteiger partial charge in [0.05, 0.1) is 5.92 Å². The predicted molar refractivity (Wildman–Crippen MR) is 88.3 cm³/mol. The molecule has 3 rings (SSSR count). The Bertz CT molecular complexity index is 682. The molecular weight excluding hydrogens is 319 g/mol. The molecule has 1 saturated heterocycles. The Labute approximate surface area is 140 Å². The van der Waals surface area contributed by atoms with E-state index in [-0.39, 0.29) is 23.9 Å². The number of halogens is 2. The summed E-state index contributed by atoms with van der Waals surface area (Å²) in [5, 5.41) is 1.36. The molecule has 0 N–H and O–H groups in total. The molecule has 0 radical (unpaired) electrons. The van der Waals surface area contributed by atoms with Crippen LogP contribution in [-0.4, -0.2) is 5.97 Å². The number of benzene rings is 2. The first kappa shape index (κ1) is 15.4. The summed E-state index contributed by atoms with van der Waals surface area (Å²) in [7, 11) is 0. The Morgan fingerprint density at radius 1 is 1.00 bits per heavy atom. The minimum Gasteiger partial charge on any atom is -0.457 e. The van der Waals surface area contributed by atoms with E-state index < -0.39 is 0 Å². The number of cyclic esters (lactones) is 1. The number of carbonyl (C=O) groups is 1. The van der Waals surface area contributed by atoms with Gasteiger partial charge >= 0.3 is 5.97 Å². The number of esters is 1. The van der Waals surface area contributed by atoms with Gasteiger partial charge in [-0.3, -0.25) is 4.79 Å². The van der Waals surface area contributed by atoms with Crippen LogP contribution in [0.5, 0.6) is 0 Å². The lowest BCUT2D eigenvalue weighted by Crippen LogP contribution is -2.30. The zero-order chi connectivity index (χ0) is 15.7. The highest BCUT2D eigenvalue weighted by molar-refractivity contribution is 6.30. The molecule has 0 amide bonds. The maximum absolute atomic E-state index is 12.0. The van der Waals surface area contributed by atoms with Crippen molar-refractivity contribution in [2.75, 3.05) is 0 Å². The van der Waals surface area contributed by atoms with Gasteiger partial charge in [0.1, 0.15) is 6.10 Å². The second kappa shape index (κ2) is 6.31. The summed E-state index contributed by atoms with van der Waals surface area (Å²) in [6.45, 7) is 1.90. The van der Waals surface area contributed by atoms with Crippen LogP contribution in [0.25, 0.3) is 0 Å². The molecule has 0 aliphatic carbocycles. The van der Waals surface area contributed by atoms with Crippen molar-refractivity contribution in [3.63, 3.8) is 0 Å². The van der Waals surface area contributed by atoms with Gasteiger partial charge in [-0.1, -0.05) is 54.4 Å². The van der Waals surface area contributed by atoms with Gasteiger partial charge in [0.25, 0.3) is 0 Å². The minimum absolute atomic E-state index is 0.0903. The molecule has 0 spiro atoms. The summed E-state index contributed by atoms with van der Waals surface area (Å²) in [6.07, 6.45) is 0.436. The third-order valence-electron chi connectivity index (χ3n) is 4.09. The third-order valence-corrected chi connectivity index (χ3v) is 4.58. The summed E-state index contributed by atoms with van der Waals surface area (Å²) in [5.74, 6) is -0.182. The molecule has 2 nitrogen and oxygen atoms in total. The van der Waals surface area contributed by atoms with Crippen molar-refractivity contribution < 1.29 is 9.53 Å². The van der Waals surface area contributed by atoms with Gasteiger partial charge in [-0.25, -0.2) is 0 Å². The van der Waals surface area contributed by atoms with Crippen LogP contribution >= 0.6 is 23.2 Å². The fourth-order valence-electron chi connectivity index (χ4n) is 2.93. The summed E-state index contributed by atoms with van der Waals surface area (Å²) in [6, 6.07) is 15.2. The van der Waals surface area contributed by atoms with Crippen molar-refractivity contribution >= 4 is 29.2 Å². The Morgan fingerprint density at radius 3 is 2.41 bits per heavy atom. The molecule has 4 heteroatoms. The monoisotopic (exact) mass is 334 g/mol. The summed E-state index contributed by atoms with van der Waals surface area (Å²) in [4.78, 5) is 12.0. The molecule has 0 bridgehead atoms. The first-order valence-corrected chi connectivity index (χ1v) is 8.01. The maximum Gasteiger partial charge on any atom is 0.309 e. The normalized spacial score (nSPS) is 24.9. The van der Waals surface area contributed by atoms with Crippen molar-refractivity contribution in [3.8, 4) is 0 Å². The van der Waals surface area contributed by atoms with Crippen LogP contribution in [0.3, 0.4) is 0 Å². The molecule has 1 fully saturated rings. The number of rotatable bonds is 2. The molecular formula is C18H16Cl2O2. The molecule has 22 heavy (non-hydrogen) atoms. The highest BCUT2D eigenvalue weighted by Crippen LogP contribution is 2.43. The molecule has 1 aliphatic heterocycles. The van der Waals surface area contributed by atoms with Crippen LogP contribution in [0.4, 0.5) is 0 Å². The van der Waals surface area contributed by atoms with Crippen LogP contribution in [0.2, 0.25) is 10.0 Å². The van der Waals surface area contributed by atoms with E-state index in [1.165, 1.54) is 0 Å². The lowest BCUT2D eigenvalue weighted by Gasteiger charge is -2.35. The lowest BCUT2D eigenvalue weighted by atomic mass is 9.80. The molecule has 3 atom stereocenters. The summed E-state index contributed by atoms with van der Waals surface area (Å²) >= 11 is 12.1. The topological polar surface area (TPSA) is 26.3 Å². The third kappa shape index (κ3) is 3.13. The maximum atomic E-state index is 12.0. The Hall–Kier alpha value is -1.51. The van der Waals surface area contributed by atoms with Gasteiger partial charge in [-0.2, -0.15) is 0 Å². The van der Waals surface area contributed by atoms with Crippen LogP contribution in [0.15, 0.2) is 48.5 Å². The van der Waals surface area contributed by atoms with Crippen molar-refractivity contribution in [1.82, 2.24) is 0 Å². The quantitative estimate of drug-likeness (QED) is 0.687. The van der Waals surface area contributed by atoms with Gasteiger partial charge in [-0.05, 0) is 41.8 Å². The van der Waals surface area contributed by atoms with Gasteiger partial charge in [-0.15, -0.1) is 0 Å². The van der Waals surface area contributed by atoms with E-state index in [0.717, 1.165) is 17.5 Å². The van der Waals surface area contributed by atoms with E-state index in [1.54, 1.807) is 0 Å². The Kier molecular flexibility index (Phi) is 4.42. The van der Waals surface area contributed by atoms with Crippen molar-refractivity contribution in [1.29, 1.82) is 0 Å². The van der Waals surface area contributed by atoms with Gasteiger partial charge < -0.3 is 4.74 Å². The first-order chi connectivity index (χ1) is 10.5. The number of ether oxygens (including phenoxy) is 1. The van der Waals surface area contributed by atoms with Crippen LogP contribution in [0, 0.1) is 5.92 Å². The van der Waals surface area contributed by atoms with Crippen molar-refractivity contribution in [3.05, 3.63) is 69.7 Å². The zero-order valence-corrected chi connectivity index (χ0v) is 13.6. The van der Waals surface area contributed by atoms with Gasteiger partial charge in [0.2, 0.25) is 0 Å². The molecule has 114 valence electrons. The molecule has 3 unspecified atom stereocenters. The summed E-state index contributed by atoms with van der Waals surface area (Å²) in [5.41, 5.74) is 2.04. The SMILES string of the molecule is CC1CC(c2cccc(Cl)c2)C(c2ccc(Cl)cc2)OC1=O. The molecule has 0 aromatic heterocycles. The van der Waals surface area contributed by atoms with Crippen molar-refractivity contribution in [2.45, 2.75) is 25.4 Å². The van der Waals surface area contributed by atoms with Crippen LogP contribution < -0.4 is 0 Å². The Morgan fingerprint density at radius 2 is 1.73 bits per heavy atom. The standard InChI is InChI=1S/C18H16Cl2O2/c1-11-9-16(13-3-2-4-15(20)10-13)17(22-18(11)21)12-5-7-14(19)8-6-12/h2-8,10-11,16-17H,9H2,1H3. The average Bonchev–Trinajstić information content (AvgIpc) is 2.50. The van der Waals surface area contributed by atoms with E-state index in [1.807, 2.05) is 55.5 Å². The highest BCUT2D eigenvalue weighted by atomic mass is 35.5. The fourth-order valence-corrected chi connectivity index (χ4v) is 3.25. The Balaban J connectivity index is 1.99. The zero-order valence-electron chi connectivity index (χ0n) is 12.1. The van der Waals surface area contributed by atoms with E-state index in [0.29, 0.717) is 10.0 Å². The molecule has 1 heterocycles. The summed E-state index contributed by atoms with van der Waals surface area (Å²) < 4.78 is 5.71. The van der Waals surface area contributed by atoms with Gasteiger partial charge in [0, 0.05) is 16.0 Å². The number of hydrogen-bond acceptors (Lipinski definition) is 2. The van der Waals surface area contributed by atoms with Gasteiger partial charge in [0.15, 0.2) is 0 Å². The van der Waals surface area contributed by atoms with Crippen LogP contribution in [-0.2, 0) is 9.53 Å². The predicted octanol–water partition coefficient (Wildman–Crippen LogP) is 5.40.